The molecule has 1 aliphatic carbocycles. The first-order valence-corrected chi connectivity index (χ1v) is 7.55. The molecule has 0 heterocycles. The predicted octanol–water partition coefficient (Wildman–Crippen LogP) is 3.73. The molecule has 0 atom stereocenters. The molecule has 1 aliphatic rings. The Morgan fingerprint density at radius 3 is 2.65 bits per heavy atom. The minimum atomic E-state index is 0.712. The Balaban J connectivity index is 1.71. The van der Waals surface area contributed by atoms with E-state index in [1.54, 1.807) is 0 Å². The van der Waals surface area contributed by atoms with Crippen LogP contribution in [0.1, 0.15) is 44.1 Å². The third-order valence-corrected chi connectivity index (χ3v) is 4.27. The molecule has 94 valence electrons. The molecule has 1 aromatic carbocycles. The third-order valence-electron chi connectivity index (χ3n) is 3.30. The average molecular weight is 250 g/mol. The van der Waals surface area contributed by atoms with Crippen LogP contribution in [0.5, 0.6) is 0 Å². The molecule has 0 saturated heterocycles. The monoisotopic (exact) mass is 250 g/mol. The van der Waals surface area contributed by atoms with E-state index in [1.165, 1.54) is 44.1 Å². The number of hydrogen-bond donors (Lipinski definition) is 2. The van der Waals surface area contributed by atoms with Gasteiger partial charge in [-0.2, -0.15) is 0 Å². The van der Waals surface area contributed by atoms with Crippen molar-refractivity contribution >= 4 is 17.6 Å². The van der Waals surface area contributed by atoms with Gasteiger partial charge in [0, 0.05) is 17.5 Å². The van der Waals surface area contributed by atoms with Gasteiger partial charge in [0.1, 0.15) is 0 Å². The molecule has 2 rings (SSSR count). The van der Waals surface area contributed by atoms with Crippen LogP contribution < -0.4 is 10.5 Å². The summed E-state index contributed by atoms with van der Waals surface area (Å²) in [7, 11) is 0. The second kappa shape index (κ2) is 6.92. The molecular formula is C14H22N2S. The Bertz CT molecular complexity index is 333. The number of benzene rings is 1. The molecular weight excluding hydrogens is 228 g/mol. The van der Waals surface area contributed by atoms with Gasteiger partial charge in [-0.15, -0.1) is 0 Å². The van der Waals surface area contributed by atoms with Crippen LogP contribution in [0.15, 0.2) is 24.3 Å². The molecule has 0 aromatic heterocycles. The summed E-state index contributed by atoms with van der Waals surface area (Å²) in [5.74, 6) is 1.00. The van der Waals surface area contributed by atoms with Crippen molar-refractivity contribution in [3.8, 4) is 0 Å². The standard InChI is InChI=1S/C14H22N2S/c15-13-7-5-6-12(10-13)11-17-16-14-8-3-1-2-4-9-14/h5-7,10,14,16H,1-4,8-9,11,15H2. The van der Waals surface area contributed by atoms with E-state index in [-0.39, 0.29) is 0 Å². The zero-order chi connectivity index (χ0) is 11.9. The van der Waals surface area contributed by atoms with Crippen LogP contribution in [0.2, 0.25) is 0 Å². The third kappa shape index (κ3) is 4.60. The molecule has 1 fully saturated rings. The van der Waals surface area contributed by atoms with Crippen LogP contribution in [-0.4, -0.2) is 6.04 Å². The molecule has 0 spiro atoms. The van der Waals surface area contributed by atoms with Crippen LogP contribution >= 0.6 is 11.9 Å². The fourth-order valence-electron chi connectivity index (χ4n) is 2.32. The fourth-order valence-corrected chi connectivity index (χ4v) is 3.22. The van der Waals surface area contributed by atoms with Gasteiger partial charge in [-0.1, -0.05) is 49.8 Å². The normalized spacial score (nSPS) is 17.9. The Morgan fingerprint density at radius 2 is 1.94 bits per heavy atom. The smallest absolute Gasteiger partial charge is 0.0331 e. The average Bonchev–Trinajstić information content (AvgIpc) is 2.58. The van der Waals surface area contributed by atoms with Crippen molar-refractivity contribution in [2.45, 2.75) is 50.3 Å². The topological polar surface area (TPSA) is 38.0 Å². The van der Waals surface area contributed by atoms with Crippen molar-refractivity contribution in [2.75, 3.05) is 5.73 Å². The fraction of sp³-hybridized carbons (Fsp3) is 0.571. The maximum Gasteiger partial charge on any atom is 0.0331 e. The number of nitrogen functional groups attached to an aromatic ring is 1. The highest BCUT2D eigenvalue weighted by Gasteiger charge is 2.11. The van der Waals surface area contributed by atoms with Crippen molar-refractivity contribution in [3.05, 3.63) is 29.8 Å². The number of rotatable bonds is 4. The first kappa shape index (κ1) is 12.8. The molecule has 0 amide bonds. The van der Waals surface area contributed by atoms with Crippen molar-refractivity contribution in [2.24, 2.45) is 0 Å². The molecule has 1 aromatic rings. The van der Waals surface area contributed by atoms with Crippen LogP contribution in [0.3, 0.4) is 0 Å². The highest BCUT2D eigenvalue weighted by molar-refractivity contribution is 7.96. The van der Waals surface area contributed by atoms with Gasteiger partial charge in [-0.25, -0.2) is 0 Å². The van der Waals surface area contributed by atoms with Gasteiger partial charge >= 0.3 is 0 Å². The lowest BCUT2D eigenvalue weighted by atomic mass is 10.1. The maximum atomic E-state index is 5.76. The van der Waals surface area contributed by atoms with Gasteiger partial charge < -0.3 is 5.73 Å². The summed E-state index contributed by atoms with van der Waals surface area (Å²) in [6.07, 6.45) is 8.27. The second-order valence-corrected chi connectivity index (χ2v) is 5.65. The number of nitrogens with one attached hydrogen (secondary N) is 1. The van der Waals surface area contributed by atoms with E-state index < -0.39 is 0 Å². The Morgan fingerprint density at radius 1 is 1.18 bits per heavy atom. The highest BCUT2D eigenvalue weighted by Crippen LogP contribution is 2.20. The van der Waals surface area contributed by atoms with E-state index >= 15 is 0 Å². The SMILES string of the molecule is Nc1cccc(CSNC2CCCCCC2)c1. The van der Waals surface area contributed by atoms with E-state index in [0.29, 0.717) is 6.04 Å². The molecule has 3 heteroatoms. The van der Waals surface area contributed by atoms with Crippen LogP contribution in [-0.2, 0) is 5.75 Å². The zero-order valence-electron chi connectivity index (χ0n) is 10.3. The Kier molecular flexibility index (Phi) is 5.20. The molecule has 0 aliphatic heterocycles. The van der Waals surface area contributed by atoms with Gasteiger partial charge in [-0.3, -0.25) is 4.72 Å². The minimum absolute atomic E-state index is 0.712. The van der Waals surface area contributed by atoms with Crippen molar-refractivity contribution in [3.63, 3.8) is 0 Å². The number of anilines is 1. The minimum Gasteiger partial charge on any atom is -0.399 e. The molecule has 1 saturated carbocycles. The first-order chi connectivity index (χ1) is 8.34. The lowest BCUT2D eigenvalue weighted by Gasteiger charge is -2.15. The lowest BCUT2D eigenvalue weighted by Crippen LogP contribution is -2.22. The summed E-state index contributed by atoms with van der Waals surface area (Å²) in [5.41, 5.74) is 7.92. The highest BCUT2D eigenvalue weighted by atomic mass is 32.2. The quantitative estimate of drug-likeness (QED) is 0.486. The first-order valence-electron chi connectivity index (χ1n) is 6.56. The summed E-state index contributed by atoms with van der Waals surface area (Å²) in [6, 6.07) is 8.87. The summed E-state index contributed by atoms with van der Waals surface area (Å²) in [5, 5.41) is 0. The van der Waals surface area contributed by atoms with E-state index in [9.17, 15) is 0 Å². The van der Waals surface area contributed by atoms with Crippen LogP contribution in [0, 0.1) is 0 Å². The van der Waals surface area contributed by atoms with E-state index in [0.717, 1.165) is 11.4 Å². The zero-order valence-corrected chi connectivity index (χ0v) is 11.1. The van der Waals surface area contributed by atoms with Crippen molar-refractivity contribution in [1.82, 2.24) is 4.72 Å². The molecule has 0 radical (unpaired) electrons. The maximum absolute atomic E-state index is 5.76. The van der Waals surface area contributed by atoms with Crippen molar-refractivity contribution in [1.29, 1.82) is 0 Å². The van der Waals surface area contributed by atoms with Crippen LogP contribution in [0.25, 0.3) is 0 Å². The summed E-state index contributed by atoms with van der Waals surface area (Å²) in [4.78, 5) is 0. The molecule has 17 heavy (non-hydrogen) atoms. The summed E-state index contributed by atoms with van der Waals surface area (Å²) in [6.45, 7) is 0. The predicted molar refractivity (Wildman–Crippen MR) is 76.8 cm³/mol. The molecule has 0 unspecified atom stereocenters. The summed E-state index contributed by atoms with van der Waals surface area (Å²) >= 11 is 1.83. The molecule has 2 nitrogen and oxygen atoms in total. The number of hydrogen-bond acceptors (Lipinski definition) is 3. The molecule has 0 bridgehead atoms. The van der Waals surface area contributed by atoms with Gasteiger partial charge in [0.05, 0.1) is 0 Å². The second-order valence-electron chi connectivity index (χ2n) is 4.84. The van der Waals surface area contributed by atoms with E-state index in [2.05, 4.69) is 16.9 Å². The Labute approximate surface area is 108 Å². The number of nitrogens with two attached hydrogens (primary N) is 1. The largest absolute Gasteiger partial charge is 0.399 e. The van der Waals surface area contributed by atoms with Gasteiger partial charge in [0.15, 0.2) is 0 Å². The van der Waals surface area contributed by atoms with E-state index in [4.69, 9.17) is 5.73 Å². The lowest BCUT2D eigenvalue weighted by molar-refractivity contribution is 0.551. The van der Waals surface area contributed by atoms with E-state index in [1.807, 2.05) is 24.1 Å². The van der Waals surface area contributed by atoms with Crippen molar-refractivity contribution < 1.29 is 0 Å². The Hall–Kier alpha value is -0.670. The van der Waals surface area contributed by atoms with Gasteiger partial charge in [-0.05, 0) is 30.5 Å². The molecule has 3 N–H and O–H groups in total. The van der Waals surface area contributed by atoms with Gasteiger partial charge in [0.2, 0.25) is 0 Å². The van der Waals surface area contributed by atoms with Gasteiger partial charge in [0.25, 0.3) is 0 Å². The summed E-state index contributed by atoms with van der Waals surface area (Å²) < 4.78 is 3.61. The van der Waals surface area contributed by atoms with Crippen LogP contribution in [0.4, 0.5) is 5.69 Å².